The highest BCUT2D eigenvalue weighted by atomic mass is 16.3. The van der Waals surface area contributed by atoms with Gasteiger partial charge in [0.15, 0.2) is 0 Å². The van der Waals surface area contributed by atoms with Crippen LogP contribution in [0.25, 0.3) is 0 Å². The third-order valence-corrected chi connectivity index (χ3v) is 1.90. The Kier molecular flexibility index (Phi) is 4.69. The molecule has 0 saturated carbocycles. The molecule has 7 nitrogen and oxygen atoms in total. The van der Waals surface area contributed by atoms with Crippen molar-refractivity contribution in [2.75, 3.05) is 6.61 Å². The minimum Gasteiger partial charge on any atom is -0.396 e. The highest BCUT2D eigenvalue weighted by molar-refractivity contribution is 5.75. The topological polar surface area (TPSA) is 92.9 Å². The number of carbonyl (C=O) groups is 1. The van der Waals surface area contributed by atoms with Gasteiger partial charge in [0.25, 0.3) is 0 Å². The van der Waals surface area contributed by atoms with Crippen LogP contribution in [-0.2, 0) is 11.3 Å². The second kappa shape index (κ2) is 6.07. The predicted molar refractivity (Wildman–Crippen MR) is 51.7 cm³/mol. The normalized spacial score (nSPS) is 12.4. The lowest BCUT2D eigenvalue weighted by Gasteiger charge is -2.12. The highest BCUT2D eigenvalue weighted by Gasteiger charge is 2.07. The van der Waals surface area contributed by atoms with E-state index in [-0.39, 0.29) is 25.1 Å². The molecule has 1 unspecified atom stereocenters. The lowest BCUT2D eigenvalue weighted by atomic mass is 10.2. The van der Waals surface area contributed by atoms with Crippen molar-refractivity contribution in [2.45, 2.75) is 32.4 Å². The molecule has 1 atom stereocenters. The molecule has 0 saturated heterocycles. The number of nitrogens with zero attached hydrogens (tertiary/aromatic N) is 4. The van der Waals surface area contributed by atoms with Crippen LogP contribution in [0.3, 0.4) is 0 Å². The molecule has 2 N–H and O–H groups in total. The van der Waals surface area contributed by atoms with Crippen molar-refractivity contribution < 1.29 is 9.90 Å². The maximum atomic E-state index is 11.4. The van der Waals surface area contributed by atoms with Crippen LogP contribution in [0, 0.1) is 0 Å². The van der Waals surface area contributed by atoms with Gasteiger partial charge in [-0.05, 0) is 30.2 Å². The molecule has 1 aromatic rings. The standard InChI is InChI=1S/C8H15N5O2/c1-7(3-2-4-14)10-8(15)5-13-6-9-11-12-13/h6-7,14H,2-5H2,1H3,(H,10,15). The lowest BCUT2D eigenvalue weighted by Crippen LogP contribution is -2.35. The van der Waals surface area contributed by atoms with Crippen molar-refractivity contribution >= 4 is 5.91 Å². The summed E-state index contributed by atoms with van der Waals surface area (Å²) in [6.07, 6.45) is 2.84. The Hall–Kier alpha value is -1.50. The van der Waals surface area contributed by atoms with Crippen LogP contribution in [0.4, 0.5) is 0 Å². The predicted octanol–water partition coefficient (Wildman–Crippen LogP) is -1.05. The molecule has 0 spiro atoms. The zero-order valence-electron chi connectivity index (χ0n) is 8.63. The fraction of sp³-hybridized carbons (Fsp3) is 0.750. The van der Waals surface area contributed by atoms with Crippen LogP contribution < -0.4 is 5.32 Å². The van der Waals surface area contributed by atoms with Crippen LogP contribution in [0.5, 0.6) is 0 Å². The minimum absolute atomic E-state index is 0.0566. The Morgan fingerprint density at radius 1 is 1.67 bits per heavy atom. The van der Waals surface area contributed by atoms with E-state index in [4.69, 9.17) is 5.11 Å². The average molecular weight is 213 g/mol. The number of tetrazole rings is 1. The molecule has 84 valence electrons. The molecule has 0 bridgehead atoms. The first-order valence-electron chi connectivity index (χ1n) is 4.83. The molecule has 0 aliphatic heterocycles. The fourth-order valence-corrected chi connectivity index (χ4v) is 1.19. The van der Waals surface area contributed by atoms with Crippen LogP contribution in [0.2, 0.25) is 0 Å². The molecule has 0 aliphatic rings. The van der Waals surface area contributed by atoms with Crippen molar-refractivity contribution in [3.8, 4) is 0 Å². The molecule has 1 aromatic heterocycles. The first kappa shape index (κ1) is 11.6. The van der Waals surface area contributed by atoms with Gasteiger partial charge in [-0.15, -0.1) is 5.10 Å². The van der Waals surface area contributed by atoms with E-state index in [0.717, 1.165) is 6.42 Å². The second-order valence-corrected chi connectivity index (χ2v) is 3.34. The number of amides is 1. The van der Waals surface area contributed by atoms with E-state index in [0.29, 0.717) is 6.42 Å². The summed E-state index contributed by atoms with van der Waals surface area (Å²) < 4.78 is 1.36. The van der Waals surface area contributed by atoms with Crippen LogP contribution in [0.15, 0.2) is 6.33 Å². The van der Waals surface area contributed by atoms with Gasteiger partial charge in [0.2, 0.25) is 5.91 Å². The number of hydrogen-bond donors (Lipinski definition) is 2. The summed E-state index contributed by atoms with van der Waals surface area (Å²) in [5.41, 5.74) is 0. The maximum Gasteiger partial charge on any atom is 0.242 e. The van der Waals surface area contributed by atoms with Crippen molar-refractivity contribution in [1.82, 2.24) is 25.5 Å². The molecule has 7 heteroatoms. The van der Waals surface area contributed by atoms with Gasteiger partial charge in [-0.2, -0.15) is 0 Å². The molecule has 15 heavy (non-hydrogen) atoms. The summed E-state index contributed by atoms with van der Waals surface area (Å²) in [5.74, 6) is -0.132. The van der Waals surface area contributed by atoms with E-state index < -0.39 is 0 Å². The highest BCUT2D eigenvalue weighted by Crippen LogP contribution is 1.95. The van der Waals surface area contributed by atoms with E-state index >= 15 is 0 Å². The van der Waals surface area contributed by atoms with Crippen molar-refractivity contribution in [3.63, 3.8) is 0 Å². The van der Waals surface area contributed by atoms with Gasteiger partial charge < -0.3 is 10.4 Å². The molecular formula is C8H15N5O2. The Balaban J connectivity index is 2.23. The number of nitrogens with one attached hydrogen (secondary N) is 1. The number of carbonyl (C=O) groups excluding carboxylic acids is 1. The molecular weight excluding hydrogens is 198 g/mol. The number of aliphatic hydroxyl groups excluding tert-OH is 1. The third-order valence-electron chi connectivity index (χ3n) is 1.90. The zero-order chi connectivity index (χ0) is 11.1. The monoisotopic (exact) mass is 213 g/mol. The summed E-state index contributed by atoms with van der Waals surface area (Å²) in [4.78, 5) is 11.4. The van der Waals surface area contributed by atoms with Gasteiger partial charge in [-0.3, -0.25) is 4.79 Å². The van der Waals surface area contributed by atoms with Gasteiger partial charge in [0.1, 0.15) is 12.9 Å². The van der Waals surface area contributed by atoms with E-state index in [1.54, 1.807) is 0 Å². The Labute approximate surface area is 87.5 Å². The molecule has 1 amide bonds. The Bertz CT molecular complexity index is 287. The summed E-state index contributed by atoms with van der Waals surface area (Å²) in [6.45, 7) is 2.16. The number of aliphatic hydroxyl groups is 1. The first-order valence-corrected chi connectivity index (χ1v) is 4.83. The second-order valence-electron chi connectivity index (χ2n) is 3.34. The average Bonchev–Trinajstić information content (AvgIpc) is 2.67. The van der Waals surface area contributed by atoms with Crippen molar-refractivity contribution in [1.29, 1.82) is 0 Å². The minimum atomic E-state index is -0.132. The SMILES string of the molecule is CC(CCCO)NC(=O)Cn1cnnn1. The Morgan fingerprint density at radius 3 is 3.07 bits per heavy atom. The van der Waals surface area contributed by atoms with Gasteiger partial charge in [0, 0.05) is 12.6 Å². The quantitative estimate of drug-likeness (QED) is 0.629. The van der Waals surface area contributed by atoms with E-state index in [1.165, 1.54) is 11.0 Å². The number of rotatable bonds is 6. The van der Waals surface area contributed by atoms with Gasteiger partial charge >= 0.3 is 0 Å². The molecule has 0 aliphatic carbocycles. The van der Waals surface area contributed by atoms with Crippen LogP contribution in [-0.4, -0.2) is 43.9 Å². The lowest BCUT2D eigenvalue weighted by molar-refractivity contribution is -0.122. The summed E-state index contributed by atoms with van der Waals surface area (Å²) in [6, 6.07) is 0.0566. The largest absolute Gasteiger partial charge is 0.396 e. The maximum absolute atomic E-state index is 11.4. The molecule has 1 heterocycles. The summed E-state index contributed by atoms with van der Waals surface area (Å²) in [7, 11) is 0. The number of aromatic nitrogens is 4. The number of hydrogen-bond acceptors (Lipinski definition) is 5. The molecule has 0 aromatic carbocycles. The smallest absolute Gasteiger partial charge is 0.242 e. The first-order chi connectivity index (χ1) is 7.22. The fourth-order valence-electron chi connectivity index (χ4n) is 1.19. The van der Waals surface area contributed by atoms with Gasteiger partial charge in [-0.1, -0.05) is 0 Å². The third kappa shape index (κ3) is 4.50. The van der Waals surface area contributed by atoms with E-state index in [1.807, 2.05) is 6.92 Å². The zero-order valence-corrected chi connectivity index (χ0v) is 8.63. The summed E-state index contributed by atoms with van der Waals surface area (Å²) in [5, 5.41) is 21.8. The summed E-state index contributed by atoms with van der Waals surface area (Å²) >= 11 is 0. The van der Waals surface area contributed by atoms with Crippen molar-refractivity contribution in [2.24, 2.45) is 0 Å². The molecule has 0 radical (unpaired) electrons. The van der Waals surface area contributed by atoms with E-state index in [9.17, 15) is 4.79 Å². The Morgan fingerprint density at radius 2 is 2.47 bits per heavy atom. The van der Waals surface area contributed by atoms with Crippen LogP contribution in [0.1, 0.15) is 19.8 Å². The van der Waals surface area contributed by atoms with Gasteiger partial charge in [0.05, 0.1) is 0 Å². The van der Waals surface area contributed by atoms with Gasteiger partial charge in [-0.25, -0.2) is 4.68 Å². The van der Waals surface area contributed by atoms with E-state index in [2.05, 4.69) is 20.8 Å². The van der Waals surface area contributed by atoms with Crippen LogP contribution >= 0.6 is 0 Å². The molecule has 1 rings (SSSR count). The molecule has 0 fully saturated rings. The van der Waals surface area contributed by atoms with Crippen molar-refractivity contribution in [3.05, 3.63) is 6.33 Å².